The highest BCUT2D eigenvalue weighted by Gasteiger charge is 2.07. The second-order valence-electron chi connectivity index (χ2n) is 2.58. The molecule has 0 fully saturated rings. The second-order valence-corrected chi connectivity index (χ2v) is 2.96. The molecule has 0 saturated heterocycles. The van der Waals surface area contributed by atoms with E-state index < -0.39 is 5.97 Å². The molecular weight excluding hydrogens is 218 g/mol. The molecule has 0 radical (unpaired) electrons. The van der Waals surface area contributed by atoms with Gasteiger partial charge < -0.3 is 4.74 Å². The number of alkyl halides is 1. The van der Waals surface area contributed by atoms with Crippen molar-refractivity contribution in [2.24, 2.45) is 4.99 Å². The standard InChI is InChI=1S/C10H8ClNO3/c11-6-5-10(14)15-9-4-2-1-3-8(9)12-7-13/h1-4H,5-6H2. The van der Waals surface area contributed by atoms with Crippen molar-refractivity contribution in [3.63, 3.8) is 0 Å². The van der Waals surface area contributed by atoms with Crippen LogP contribution in [0.15, 0.2) is 29.3 Å². The average molecular weight is 226 g/mol. The minimum absolute atomic E-state index is 0.112. The topological polar surface area (TPSA) is 55.7 Å². The molecule has 78 valence electrons. The largest absolute Gasteiger partial charge is 0.424 e. The van der Waals surface area contributed by atoms with Gasteiger partial charge >= 0.3 is 5.97 Å². The third-order valence-corrected chi connectivity index (χ3v) is 1.74. The van der Waals surface area contributed by atoms with E-state index in [4.69, 9.17) is 16.3 Å². The first kappa shape index (κ1) is 11.4. The van der Waals surface area contributed by atoms with Gasteiger partial charge in [0.25, 0.3) is 0 Å². The van der Waals surface area contributed by atoms with Gasteiger partial charge in [-0.1, -0.05) is 12.1 Å². The van der Waals surface area contributed by atoms with E-state index in [1.54, 1.807) is 24.3 Å². The average Bonchev–Trinajstić information content (AvgIpc) is 2.21. The van der Waals surface area contributed by atoms with Crippen molar-refractivity contribution in [3.05, 3.63) is 24.3 Å². The maximum Gasteiger partial charge on any atom is 0.312 e. The van der Waals surface area contributed by atoms with E-state index in [0.717, 1.165) is 0 Å². The normalized spacial score (nSPS) is 9.13. The lowest BCUT2D eigenvalue weighted by Gasteiger charge is -2.04. The van der Waals surface area contributed by atoms with E-state index in [1.165, 1.54) is 6.08 Å². The van der Waals surface area contributed by atoms with Crippen molar-refractivity contribution in [2.45, 2.75) is 6.42 Å². The summed E-state index contributed by atoms with van der Waals surface area (Å²) in [4.78, 5) is 24.6. The van der Waals surface area contributed by atoms with Crippen molar-refractivity contribution in [1.82, 2.24) is 0 Å². The molecule has 0 heterocycles. The van der Waals surface area contributed by atoms with E-state index in [1.807, 2.05) is 0 Å². The maximum atomic E-state index is 11.1. The van der Waals surface area contributed by atoms with E-state index in [9.17, 15) is 9.59 Å². The minimum atomic E-state index is -0.460. The number of carbonyl (C=O) groups excluding carboxylic acids is 2. The van der Waals surface area contributed by atoms with E-state index in [0.29, 0.717) is 0 Å². The number of nitrogens with zero attached hydrogens (tertiary/aromatic N) is 1. The highest BCUT2D eigenvalue weighted by molar-refractivity contribution is 6.18. The number of para-hydroxylation sites is 2. The van der Waals surface area contributed by atoms with Crippen LogP contribution in [0.4, 0.5) is 5.69 Å². The molecule has 0 aliphatic heterocycles. The second kappa shape index (κ2) is 5.96. The summed E-state index contributed by atoms with van der Waals surface area (Å²) in [5, 5.41) is 0. The molecule has 0 saturated carbocycles. The lowest BCUT2D eigenvalue weighted by molar-refractivity contribution is -0.133. The Morgan fingerprint density at radius 1 is 1.47 bits per heavy atom. The zero-order chi connectivity index (χ0) is 11.1. The molecule has 1 aromatic carbocycles. The smallest absolute Gasteiger partial charge is 0.312 e. The summed E-state index contributed by atoms with van der Waals surface area (Å²) >= 11 is 5.38. The Morgan fingerprint density at radius 2 is 2.20 bits per heavy atom. The fourth-order valence-electron chi connectivity index (χ4n) is 0.936. The lowest BCUT2D eigenvalue weighted by atomic mass is 10.3. The third kappa shape index (κ3) is 3.54. The third-order valence-electron chi connectivity index (χ3n) is 1.55. The minimum Gasteiger partial charge on any atom is -0.424 e. The molecular formula is C10H8ClNO3. The first-order valence-corrected chi connectivity index (χ1v) is 4.75. The van der Waals surface area contributed by atoms with Crippen molar-refractivity contribution in [2.75, 3.05) is 5.88 Å². The van der Waals surface area contributed by atoms with Crippen molar-refractivity contribution >= 4 is 29.3 Å². The summed E-state index contributed by atoms with van der Waals surface area (Å²) in [5.74, 6) is -0.0349. The first-order valence-electron chi connectivity index (χ1n) is 4.21. The Morgan fingerprint density at radius 3 is 2.87 bits per heavy atom. The lowest BCUT2D eigenvalue weighted by Crippen LogP contribution is -2.08. The summed E-state index contributed by atoms with van der Waals surface area (Å²) in [6, 6.07) is 6.44. The zero-order valence-corrected chi connectivity index (χ0v) is 8.53. The number of rotatable bonds is 4. The number of hydrogen-bond acceptors (Lipinski definition) is 4. The number of benzene rings is 1. The van der Waals surface area contributed by atoms with Crippen LogP contribution < -0.4 is 4.74 Å². The Hall–Kier alpha value is -1.64. The van der Waals surface area contributed by atoms with E-state index in [-0.39, 0.29) is 23.7 Å². The van der Waals surface area contributed by atoms with Crippen molar-refractivity contribution in [3.8, 4) is 5.75 Å². The molecule has 1 aromatic rings. The van der Waals surface area contributed by atoms with Gasteiger partial charge in [0.2, 0.25) is 6.08 Å². The molecule has 0 aliphatic rings. The quantitative estimate of drug-likeness (QED) is 0.260. The fourth-order valence-corrected chi connectivity index (χ4v) is 1.09. The fraction of sp³-hybridized carbons (Fsp3) is 0.200. The number of carbonyl (C=O) groups is 1. The highest BCUT2D eigenvalue weighted by Crippen LogP contribution is 2.26. The zero-order valence-electron chi connectivity index (χ0n) is 7.77. The maximum absolute atomic E-state index is 11.1. The molecule has 15 heavy (non-hydrogen) atoms. The molecule has 0 bridgehead atoms. The predicted octanol–water partition coefficient (Wildman–Crippen LogP) is 2.19. The summed E-state index contributed by atoms with van der Waals surface area (Å²) in [5.41, 5.74) is 0.274. The molecule has 5 heteroatoms. The predicted molar refractivity (Wildman–Crippen MR) is 55.2 cm³/mol. The number of isocyanates is 1. The Balaban J connectivity index is 2.84. The number of aliphatic imine (C=N–C) groups is 1. The number of esters is 1. The van der Waals surface area contributed by atoms with Crippen LogP contribution in [0.5, 0.6) is 5.75 Å². The van der Waals surface area contributed by atoms with Gasteiger partial charge in [0.15, 0.2) is 5.75 Å². The van der Waals surface area contributed by atoms with Crippen LogP contribution in [0, 0.1) is 0 Å². The van der Waals surface area contributed by atoms with Gasteiger partial charge in [0.1, 0.15) is 5.69 Å². The van der Waals surface area contributed by atoms with Gasteiger partial charge in [-0.2, -0.15) is 4.99 Å². The number of halogens is 1. The van der Waals surface area contributed by atoms with Gasteiger partial charge in [-0.15, -0.1) is 11.6 Å². The molecule has 0 unspecified atom stereocenters. The molecule has 0 amide bonds. The van der Waals surface area contributed by atoms with Crippen LogP contribution in [0.1, 0.15) is 6.42 Å². The van der Waals surface area contributed by atoms with Crippen LogP contribution >= 0.6 is 11.6 Å². The van der Waals surface area contributed by atoms with Crippen molar-refractivity contribution < 1.29 is 14.3 Å². The number of hydrogen-bond donors (Lipinski definition) is 0. The van der Waals surface area contributed by atoms with Crippen LogP contribution in [0.25, 0.3) is 0 Å². The Bertz CT molecular complexity index is 399. The molecule has 0 aromatic heterocycles. The van der Waals surface area contributed by atoms with Crippen LogP contribution in [0.3, 0.4) is 0 Å². The van der Waals surface area contributed by atoms with E-state index in [2.05, 4.69) is 4.99 Å². The monoisotopic (exact) mass is 225 g/mol. The van der Waals surface area contributed by atoms with Crippen molar-refractivity contribution in [1.29, 1.82) is 0 Å². The summed E-state index contributed by atoms with van der Waals surface area (Å²) in [7, 11) is 0. The molecule has 0 N–H and O–H groups in total. The Labute approximate surface area is 91.5 Å². The van der Waals surface area contributed by atoms with E-state index >= 15 is 0 Å². The Kier molecular flexibility index (Phi) is 4.54. The molecule has 0 atom stereocenters. The summed E-state index contributed by atoms with van der Waals surface area (Å²) in [6.45, 7) is 0. The van der Waals surface area contributed by atoms with Crippen LogP contribution in [0.2, 0.25) is 0 Å². The highest BCUT2D eigenvalue weighted by atomic mass is 35.5. The summed E-state index contributed by atoms with van der Waals surface area (Å²) in [6.07, 6.45) is 1.50. The van der Waals surface area contributed by atoms with Gasteiger partial charge in [0.05, 0.1) is 6.42 Å². The molecule has 4 nitrogen and oxygen atoms in total. The SMILES string of the molecule is O=C=Nc1ccccc1OC(=O)CCCl. The van der Waals surface area contributed by atoms with Crippen LogP contribution in [-0.4, -0.2) is 17.9 Å². The molecule has 1 rings (SSSR count). The first-order chi connectivity index (χ1) is 7.27. The summed E-state index contributed by atoms with van der Waals surface area (Å²) < 4.78 is 4.94. The van der Waals surface area contributed by atoms with Crippen LogP contribution in [-0.2, 0) is 9.59 Å². The van der Waals surface area contributed by atoms with Gasteiger partial charge in [-0.05, 0) is 12.1 Å². The van der Waals surface area contributed by atoms with Gasteiger partial charge in [-0.3, -0.25) is 4.79 Å². The molecule has 0 spiro atoms. The molecule has 0 aliphatic carbocycles. The van der Waals surface area contributed by atoms with Gasteiger partial charge in [-0.25, -0.2) is 4.79 Å². The number of ether oxygens (including phenoxy) is 1. The van der Waals surface area contributed by atoms with Gasteiger partial charge in [0, 0.05) is 5.88 Å².